The van der Waals surface area contributed by atoms with Crippen LogP contribution in [-0.4, -0.2) is 40.6 Å². The molecule has 0 aromatic carbocycles. The van der Waals surface area contributed by atoms with Crippen molar-refractivity contribution in [1.29, 1.82) is 0 Å². The Hall–Kier alpha value is 0.210. The molecular formula is C16H27Cl2NO. The van der Waals surface area contributed by atoms with Crippen LogP contribution in [0, 0.1) is 11.8 Å². The van der Waals surface area contributed by atoms with Gasteiger partial charge < -0.3 is 0 Å². The minimum Gasteiger partial charge on any atom is -0.298 e. The van der Waals surface area contributed by atoms with E-state index in [-0.39, 0.29) is 16.7 Å². The van der Waals surface area contributed by atoms with Crippen LogP contribution < -0.4 is 0 Å². The SMILES string of the molecule is CCC1CCC(C)N(CC(=O)C2CCC(Cl)C(Cl)C2)C1. The molecule has 1 saturated carbocycles. The molecule has 0 amide bonds. The van der Waals surface area contributed by atoms with Gasteiger partial charge in [0.1, 0.15) is 5.78 Å². The number of hydrogen-bond acceptors (Lipinski definition) is 2. The summed E-state index contributed by atoms with van der Waals surface area (Å²) in [6.07, 6.45) is 6.29. The predicted octanol–water partition coefficient (Wildman–Crippen LogP) is 4.08. The summed E-state index contributed by atoms with van der Waals surface area (Å²) >= 11 is 12.4. The van der Waals surface area contributed by atoms with Gasteiger partial charge in [-0.1, -0.05) is 13.3 Å². The molecule has 0 bridgehead atoms. The van der Waals surface area contributed by atoms with Gasteiger partial charge in [-0.15, -0.1) is 23.2 Å². The Labute approximate surface area is 133 Å². The number of likely N-dealkylation sites (tertiary alicyclic amines) is 1. The molecule has 5 atom stereocenters. The van der Waals surface area contributed by atoms with Gasteiger partial charge in [0, 0.05) is 23.9 Å². The highest BCUT2D eigenvalue weighted by molar-refractivity contribution is 6.30. The van der Waals surface area contributed by atoms with Crippen LogP contribution in [0.3, 0.4) is 0 Å². The van der Waals surface area contributed by atoms with Crippen molar-refractivity contribution in [3.05, 3.63) is 0 Å². The molecule has 0 aromatic heterocycles. The van der Waals surface area contributed by atoms with Gasteiger partial charge in [-0.05, 0) is 44.9 Å². The van der Waals surface area contributed by atoms with Crippen molar-refractivity contribution in [3.8, 4) is 0 Å². The summed E-state index contributed by atoms with van der Waals surface area (Å²) < 4.78 is 0. The van der Waals surface area contributed by atoms with Crippen molar-refractivity contribution in [2.45, 2.75) is 69.2 Å². The average molecular weight is 320 g/mol. The largest absolute Gasteiger partial charge is 0.298 e. The van der Waals surface area contributed by atoms with Gasteiger partial charge in [-0.3, -0.25) is 9.69 Å². The summed E-state index contributed by atoms with van der Waals surface area (Å²) in [5, 5.41) is 0.000588. The van der Waals surface area contributed by atoms with Gasteiger partial charge in [0.15, 0.2) is 0 Å². The topological polar surface area (TPSA) is 20.3 Å². The number of piperidine rings is 1. The molecule has 0 radical (unpaired) electrons. The Morgan fingerprint density at radius 2 is 1.90 bits per heavy atom. The third kappa shape index (κ3) is 4.11. The van der Waals surface area contributed by atoms with E-state index in [4.69, 9.17) is 23.2 Å². The highest BCUT2D eigenvalue weighted by Gasteiger charge is 2.33. The fourth-order valence-electron chi connectivity index (χ4n) is 3.52. The Balaban J connectivity index is 1.87. The molecule has 0 spiro atoms. The Kier molecular flexibility index (Phi) is 6.19. The number of carbonyl (C=O) groups is 1. The van der Waals surface area contributed by atoms with Crippen LogP contribution in [0.4, 0.5) is 0 Å². The van der Waals surface area contributed by atoms with Crippen molar-refractivity contribution in [3.63, 3.8) is 0 Å². The maximum absolute atomic E-state index is 12.5. The number of carbonyl (C=O) groups excluding carboxylic acids is 1. The Morgan fingerprint density at radius 1 is 1.15 bits per heavy atom. The fourth-order valence-corrected chi connectivity index (χ4v) is 4.09. The number of alkyl halides is 2. The number of Topliss-reactive ketones (excluding diaryl/α,β-unsaturated/α-hetero) is 1. The minimum atomic E-state index is -0.0402. The van der Waals surface area contributed by atoms with Crippen LogP contribution in [-0.2, 0) is 4.79 Å². The highest BCUT2D eigenvalue weighted by atomic mass is 35.5. The summed E-state index contributed by atoms with van der Waals surface area (Å²) in [6, 6.07) is 0.540. The molecular weight excluding hydrogens is 293 g/mol. The number of rotatable bonds is 4. The molecule has 1 aliphatic heterocycles. The zero-order chi connectivity index (χ0) is 14.7. The van der Waals surface area contributed by atoms with Gasteiger partial charge in [0.2, 0.25) is 0 Å². The lowest BCUT2D eigenvalue weighted by atomic mass is 9.84. The monoisotopic (exact) mass is 319 g/mol. The number of nitrogens with zero attached hydrogens (tertiary/aromatic N) is 1. The molecule has 4 heteroatoms. The Morgan fingerprint density at radius 3 is 2.55 bits per heavy atom. The van der Waals surface area contributed by atoms with E-state index in [2.05, 4.69) is 18.7 Å². The molecule has 116 valence electrons. The van der Waals surface area contributed by atoms with Crippen LogP contribution in [0.15, 0.2) is 0 Å². The first-order valence-corrected chi connectivity index (χ1v) is 8.93. The average Bonchev–Trinajstić information content (AvgIpc) is 2.44. The molecule has 2 aliphatic rings. The van der Waals surface area contributed by atoms with E-state index in [0.717, 1.165) is 31.7 Å². The van der Waals surface area contributed by atoms with Crippen LogP contribution in [0.5, 0.6) is 0 Å². The van der Waals surface area contributed by atoms with Crippen molar-refractivity contribution < 1.29 is 4.79 Å². The van der Waals surface area contributed by atoms with Crippen LogP contribution in [0.25, 0.3) is 0 Å². The fraction of sp³-hybridized carbons (Fsp3) is 0.938. The highest BCUT2D eigenvalue weighted by Crippen LogP contribution is 2.33. The van der Waals surface area contributed by atoms with Gasteiger partial charge in [0.25, 0.3) is 0 Å². The lowest BCUT2D eigenvalue weighted by Gasteiger charge is -2.38. The lowest BCUT2D eigenvalue weighted by molar-refractivity contribution is -0.126. The predicted molar refractivity (Wildman–Crippen MR) is 85.7 cm³/mol. The summed E-state index contributed by atoms with van der Waals surface area (Å²) in [5.74, 6) is 1.27. The Bertz CT molecular complexity index is 336. The molecule has 2 fully saturated rings. The molecule has 1 aliphatic carbocycles. The lowest BCUT2D eigenvalue weighted by Crippen LogP contribution is -2.46. The van der Waals surface area contributed by atoms with Crippen LogP contribution >= 0.6 is 23.2 Å². The third-order valence-corrected chi connectivity index (χ3v) is 6.33. The second-order valence-electron chi connectivity index (χ2n) is 6.64. The van der Waals surface area contributed by atoms with Crippen molar-refractivity contribution >= 4 is 29.0 Å². The zero-order valence-electron chi connectivity index (χ0n) is 12.7. The third-order valence-electron chi connectivity index (χ3n) is 5.19. The zero-order valence-corrected chi connectivity index (χ0v) is 14.2. The van der Waals surface area contributed by atoms with E-state index in [1.54, 1.807) is 0 Å². The summed E-state index contributed by atoms with van der Waals surface area (Å²) in [4.78, 5) is 14.9. The molecule has 0 aromatic rings. The van der Waals surface area contributed by atoms with E-state index < -0.39 is 0 Å². The number of hydrogen-bond donors (Lipinski definition) is 0. The van der Waals surface area contributed by atoms with Crippen LogP contribution in [0.1, 0.15) is 52.4 Å². The summed E-state index contributed by atoms with van der Waals surface area (Å²) in [5.41, 5.74) is 0. The second-order valence-corrected chi connectivity index (χ2v) is 7.76. The minimum absolute atomic E-state index is 0.0402. The van der Waals surface area contributed by atoms with Crippen molar-refractivity contribution in [1.82, 2.24) is 4.90 Å². The summed E-state index contributed by atoms with van der Waals surface area (Å²) in [7, 11) is 0. The molecule has 1 heterocycles. The van der Waals surface area contributed by atoms with Crippen molar-refractivity contribution in [2.75, 3.05) is 13.1 Å². The molecule has 2 rings (SSSR count). The maximum atomic E-state index is 12.5. The van der Waals surface area contributed by atoms with Gasteiger partial charge >= 0.3 is 0 Å². The van der Waals surface area contributed by atoms with E-state index >= 15 is 0 Å². The van der Waals surface area contributed by atoms with E-state index in [0.29, 0.717) is 18.4 Å². The molecule has 5 unspecified atom stereocenters. The number of ketones is 1. The van der Waals surface area contributed by atoms with Crippen LogP contribution in [0.2, 0.25) is 0 Å². The number of halogens is 2. The van der Waals surface area contributed by atoms with Gasteiger partial charge in [-0.25, -0.2) is 0 Å². The first kappa shape index (κ1) is 16.6. The first-order chi connectivity index (χ1) is 9.51. The molecule has 1 saturated heterocycles. The van der Waals surface area contributed by atoms with E-state index in [1.807, 2.05) is 0 Å². The molecule has 20 heavy (non-hydrogen) atoms. The maximum Gasteiger partial charge on any atom is 0.149 e. The smallest absolute Gasteiger partial charge is 0.149 e. The summed E-state index contributed by atoms with van der Waals surface area (Å²) in [6.45, 7) is 6.19. The van der Waals surface area contributed by atoms with E-state index in [1.165, 1.54) is 19.3 Å². The first-order valence-electron chi connectivity index (χ1n) is 8.06. The van der Waals surface area contributed by atoms with Gasteiger partial charge in [-0.2, -0.15) is 0 Å². The molecule has 2 nitrogen and oxygen atoms in total. The second kappa shape index (κ2) is 7.47. The van der Waals surface area contributed by atoms with Crippen molar-refractivity contribution in [2.24, 2.45) is 11.8 Å². The molecule has 0 N–H and O–H groups in total. The van der Waals surface area contributed by atoms with Gasteiger partial charge in [0.05, 0.1) is 11.9 Å². The quantitative estimate of drug-likeness (QED) is 0.728. The normalized spacial score (nSPS) is 39.7. The standard InChI is InChI=1S/C16H27Cl2NO/c1-3-12-5-4-11(2)19(9-12)10-16(20)13-6-7-14(17)15(18)8-13/h11-15H,3-10H2,1-2H3. The van der Waals surface area contributed by atoms with E-state index in [9.17, 15) is 4.79 Å².